The van der Waals surface area contributed by atoms with Gasteiger partial charge in [0.2, 0.25) is 0 Å². The summed E-state index contributed by atoms with van der Waals surface area (Å²) in [6.45, 7) is 7.43. The minimum absolute atomic E-state index is 0.339. The molecule has 0 aliphatic carbocycles. The molecule has 0 aromatic carbocycles. The topological polar surface area (TPSA) is 29.0 Å². The van der Waals surface area contributed by atoms with Gasteiger partial charge in [-0.15, -0.1) is 11.6 Å². The van der Waals surface area contributed by atoms with E-state index in [-0.39, 0.29) is 0 Å². The molecule has 18 heavy (non-hydrogen) atoms. The van der Waals surface area contributed by atoms with Gasteiger partial charge in [-0.05, 0) is 6.42 Å². The molecule has 102 valence electrons. The Bertz CT molecular complexity index is 366. The van der Waals surface area contributed by atoms with Crippen LogP contribution in [0.1, 0.15) is 57.5 Å². The number of hydrogen-bond donors (Lipinski definition) is 0. The first-order chi connectivity index (χ1) is 8.60. The van der Waals surface area contributed by atoms with E-state index >= 15 is 0 Å². The minimum atomic E-state index is 0.339. The number of alkyl halides is 1. The van der Waals surface area contributed by atoms with Crippen molar-refractivity contribution in [2.75, 3.05) is 18.5 Å². The van der Waals surface area contributed by atoms with Crippen molar-refractivity contribution in [1.29, 1.82) is 0 Å². The van der Waals surface area contributed by atoms with Crippen molar-refractivity contribution in [3.63, 3.8) is 0 Å². The van der Waals surface area contributed by atoms with Gasteiger partial charge in [0.25, 0.3) is 0 Å². The van der Waals surface area contributed by atoms with Gasteiger partial charge in [0, 0.05) is 19.5 Å². The van der Waals surface area contributed by atoms with E-state index in [0.717, 1.165) is 23.8 Å². The molecule has 0 fully saturated rings. The van der Waals surface area contributed by atoms with Gasteiger partial charge in [-0.3, -0.25) is 0 Å². The molecular weight excluding hydrogens is 246 g/mol. The van der Waals surface area contributed by atoms with Crippen molar-refractivity contribution in [2.24, 2.45) is 0 Å². The molecule has 0 bridgehead atoms. The molecule has 0 amide bonds. The van der Waals surface area contributed by atoms with Crippen molar-refractivity contribution in [1.82, 2.24) is 9.97 Å². The number of halogens is 1. The highest BCUT2D eigenvalue weighted by Crippen LogP contribution is 2.21. The maximum Gasteiger partial charge on any atom is 0.131 e. The Kier molecular flexibility index (Phi) is 6.41. The van der Waals surface area contributed by atoms with E-state index in [9.17, 15) is 0 Å². The lowest BCUT2D eigenvalue weighted by Gasteiger charge is -2.21. The van der Waals surface area contributed by atoms with Crippen LogP contribution in [0, 0.1) is 0 Å². The van der Waals surface area contributed by atoms with E-state index in [1.165, 1.54) is 19.3 Å². The summed E-state index contributed by atoms with van der Waals surface area (Å²) in [7, 11) is 2.08. The molecule has 3 nitrogen and oxygen atoms in total. The third kappa shape index (κ3) is 4.13. The Hall–Kier alpha value is -0.830. The number of unbranched alkanes of at least 4 members (excludes halogenated alkanes) is 2. The molecule has 0 saturated heterocycles. The lowest BCUT2D eigenvalue weighted by molar-refractivity contribution is 0.698. The van der Waals surface area contributed by atoms with Gasteiger partial charge in [0.1, 0.15) is 5.82 Å². The highest BCUT2D eigenvalue weighted by molar-refractivity contribution is 6.17. The van der Waals surface area contributed by atoms with Gasteiger partial charge in [-0.2, -0.15) is 0 Å². The first-order valence-corrected chi connectivity index (χ1v) is 7.26. The van der Waals surface area contributed by atoms with Crippen molar-refractivity contribution < 1.29 is 0 Å². The fraction of sp³-hybridized carbons (Fsp3) is 0.714. The standard InChI is InChI=1S/C14H24ClN3/c1-5-6-7-8-18(4)13-10-16-14(11(2)3)17-12(13)9-15/h10-11H,5-9H2,1-4H3. The fourth-order valence-electron chi connectivity index (χ4n) is 1.84. The van der Waals surface area contributed by atoms with Gasteiger partial charge < -0.3 is 4.90 Å². The average molecular weight is 270 g/mol. The van der Waals surface area contributed by atoms with Crippen LogP contribution in [0.5, 0.6) is 0 Å². The zero-order chi connectivity index (χ0) is 13.5. The molecule has 0 N–H and O–H groups in total. The summed E-state index contributed by atoms with van der Waals surface area (Å²) in [5, 5.41) is 0. The normalized spacial score (nSPS) is 11.0. The van der Waals surface area contributed by atoms with Gasteiger partial charge in [-0.1, -0.05) is 33.6 Å². The number of rotatable bonds is 7. The van der Waals surface area contributed by atoms with Gasteiger partial charge in [0.15, 0.2) is 0 Å². The second kappa shape index (κ2) is 7.57. The summed E-state index contributed by atoms with van der Waals surface area (Å²) in [5.74, 6) is 1.65. The van der Waals surface area contributed by atoms with Crippen LogP contribution >= 0.6 is 11.6 Å². The van der Waals surface area contributed by atoms with Crippen molar-refractivity contribution in [3.8, 4) is 0 Å². The SMILES string of the molecule is CCCCCN(C)c1cnc(C(C)C)nc1CCl. The highest BCUT2D eigenvalue weighted by atomic mass is 35.5. The molecular formula is C14H24ClN3. The Morgan fingerprint density at radius 1 is 1.33 bits per heavy atom. The maximum atomic E-state index is 6.00. The predicted molar refractivity (Wildman–Crippen MR) is 78.5 cm³/mol. The van der Waals surface area contributed by atoms with Crippen LogP contribution in [-0.2, 0) is 5.88 Å². The summed E-state index contributed by atoms with van der Waals surface area (Å²) >= 11 is 6.00. The quantitative estimate of drug-likeness (QED) is 0.554. The van der Waals surface area contributed by atoms with E-state index in [0.29, 0.717) is 11.8 Å². The molecule has 0 saturated carbocycles. The Balaban J connectivity index is 2.81. The Morgan fingerprint density at radius 3 is 2.61 bits per heavy atom. The van der Waals surface area contributed by atoms with E-state index < -0.39 is 0 Å². The third-order valence-corrected chi connectivity index (χ3v) is 3.27. The van der Waals surface area contributed by atoms with Gasteiger partial charge >= 0.3 is 0 Å². The minimum Gasteiger partial charge on any atom is -0.372 e. The molecule has 0 aliphatic rings. The lowest BCUT2D eigenvalue weighted by atomic mass is 10.2. The van der Waals surface area contributed by atoms with Crippen molar-refractivity contribution >= 4 is 17.3 Å². The number of anilines is 1. The molecule has 1 heterocycles. The van der Waals surface area contributed by atoms with Crippen LogP contribution in [0.25, 0.3) is 0 Å². The van der Waals surface area contributed by atoms with Gasteiger partial charge in [0.05, 0.1) is 23.5 Å². The summed E-state index contributed by atoms with van der Waals surface area (Å²) in [6.07, 6.45) is 5.59. The zero-order valence-electron chi connectivity index (χ0n) is 11.9. The molecule has 4 heteroatoms. The first-order valence-electron chi connectivity index (χ1n) is 6.73. The van der Waals surface area contributed by atoms with E-state index in [1.807, 2.05) is 6.20 Å². The zero-order valence-corrected chi connectivity index (χ0v) is 12.7. The molecule has 0 radical (unpaired) electrons. The highest BCUT2D eigenvalue weighted by Gasteiger charge is 2.12. The largest absolute Gasteiger partial charge is 0.372 e. The molecule has 0 aliphatic heterocycles. The maximum absolute atomic E-state index is 6.00. The van der Waals surface area contributed by atoms with Crippen LogP contribution in [0.4, 0.5) is 5.69 Å². The third-order valence-electron chi connectivity index (χ3n) is 3.02. The van der Waals surface area contributed by atoms with Gasteiger partial charge in [-0.25, -0.2) is 9.97 Å². The summed E-state index contributed by atoms with van der Waals surface area (Å²) in [6, 6.07) is 0. The van der Waals surface area contributed by atoms with Crippen LogP contribution in [0.15, 0.2) is 6.20 Å². The van der Waals surface area contributed by atoms with Crippen LogP contribution in [0.2, 0.25) is 0 Å². The van der Waals surface area contributed by atoms with Crippen LogP contribution < -0.4 is 4.90 Å². The second-order valence-electron chi connectivity index (χ2n) is 4.98. The molecule has 0 spiro atoms. The number of aromatic nitrogens is 2. The van der Waals surface area contributed by atoms with Crippen LogP contribution in [-0.4, -0.2) is 23.6 Å². The van der Waals surface area contributed by atoms with E-state index in [1.54, 1.807) is 0 Å². The monoisotopic (exact) mass is 269 g/mol. The van der Waals surface area contributed by atoms with Crippen molar-refractivity contribution in [2.45, 2.75) is 51.8 Å². The summed E-state index contributed by atoms with van der Waals surface area (Å²) < 4.78 is 0. The fourth-order valence-corrected chi connectivity index (χ4v) is 2.04. The average Bonchev–Trinajstić information content (AvgIpc) is 2.38. The lowest BCUT2D eigenvalue weighted by Crippen LogP contribution is -2.21. The summed E-state index contributed by atoms with van der Waals surface area (Å²) in [5.41, 5.74) is 2.00. The van der Waals surface area contributed by atoms with Crippen LogP contribution in [0.3, 0.4) is 0 Å². The van der Waals surface area contributed by atoms with Crippen molar-refractivity contribution in [3.05, 3.63) is 17.7 Å². The number of hydrogen-bond acceptors (Lipinski definition) is 3. The molecule has 0 unspecified atom stereocenters. The molecule has 1 aromatic rings. The smallest absolute Gasteiger partial charge is 0.131 e. The first kappa shape index (κ1) is 15.2. The Labute approximate surface area is 116 Å². The molecule has 0 atom stereocenters. The summed E-state index contributed by atoms with van der Waals surface area (Å²) in [4.78, 5) is 11.2. The molecule has 1 rings (SSSR count). The second-order valence-corrected chi connectivity index (χ2v) is 5.24. The van der Waals surface area contributed by atoms with E-state index in [2.05, 4.69) is 42.7 Å². The number of nitrogens with zero attached hydrogens (tertiary/aromatic N) is 3. The predicted octanol–water partition coefficient (Wildman–Crippen LogP) is 3.97. The Morgan fingerprint density at radius 2 is 2.06 bits per heavy atom. The van der Waals surface area contributed by atoms with E-state index in [4.69, 9.17) is 11.6 Å². The molecule has 1 aromatic heterocycles.